The van der Waals surface area contributed by atoms with Crippen LogP contribution >= 0.6 is 0 Å². The summed E-state index contributed by atoms with van der Waals surface area (Å²) in [5.41, 5.74) is 1.66. The van der Waals surface area contributed by atoms with Gasteiger partial charge in [0.2, 0.25) is 5.82 Å². The maximum Gasteiger partial charge on any atom is 0.331 e. The van der Waals surface area contributed by atoms with Crippen LogP contribution < -0.4 is 16.0 Å². The Morgan fingerprint density at radius 2 is 2.05 bits per heavy atom. The number of hydrazine groups is 1. The second-order valence-corrected chi connectivity index (χ2v) is 3.58. The average molecular weight is 282 g/mol. The summed E-state index contributed by atoms with van der Waals surface area (Å²) in [7, 11) is 0. The summed E-state index contributed by atoms with van der Waals surface area (Å²) in [6.07, 6.45) is 0. The first kappa shape index (κ1) is 13.6. The standard InChI is InChI=1S/C11H8F2N4O3/c12-6-2-1-3-8(10(6)13)20-11-7(17(18)19)4-5-9(15-11)16-14/h1-5H,14H2,(H,15,16). The summed E-state index contributed by atoms with van der Waals surface area (Å²) < 4.78 is 31.5. The van der Waals surface area contributed by atoms with Gasteiger partial charge in [0.05, 0.1) is 4.92 Å². The molecule has 0 aliphatic heterocycles. The molecule has 1 aromatic heterocycles. The number of nitro groups is 1. The van der Waals surface area contributed by atoms with Crippen molar-refractivity contribution in [2.45, 2.75) is 0 Å². The van der Waals surface area contributed by atoms with Gasteiger partial charge in [-0.15, -0.1) is 0 Å². The first-order valence-electron chi connectivity index (χ1n) is 5.27. The number of rotatable bonds is 4. The SMILES string of the molecule is NNc1ccc([N+](=O)[O-])c(Oc2cccc(F)c2F)n1. The second kappa shape index (κ2) is 5.45. The van der Waals surface area contributed by atoms with Gasteiger partial charge < -0.3 is 10.2 Å². The van der Waals surface area contributed by atoms with Gasteiger partial charge in [-0.3, -0.25) is 10.1 Å². The van der Waals surface area contributed by atoms with Crippen molar-refractivity contribution in [1.82, 2.24) is 4.98 Å². The van der Waals surface area contributed by atoms with Crippen LogP contribution in [0.25, 0.3) is 0 Å². The Kier molecular flexibility index (Phi) is 3.71. The van der Waals surface area contributed by atoms with E-state index in [1.54, 1.807) is 0 Å². The number of nitrogens with two attached hydrogens (primary N) is 1. The van der Waals surface area contributed by atoms with Crippen LogP contribution in [0.3, 0.4) is 0 Å². The zero-order chi connectivity index (χ0) is 14.7. The molecular formula is C11H8F2N4O3. The van der Waals surface area contributed by atoms with Gasteiger partial charge >= 0.3 is 11.6 Å². The fourth-order valence-electron chi connectivity index (χ4n) is 1.39. The molecule has 0 amide bonds. The number of hydrogen-bond acceptors (Lipinski definition) is 6. The third-order valence-corrected chi connectivity index (χ3v) is 2.31. The van der Waals surface area contributed by atoms with Crippen molar-refractivity contribution in [2.24, 2.45) is 5.84 Å². The zero-order valence-electron chi connectivity index (χ0n) is 9.84. The molecule has 0 atom stereocenters. The monoisotopic (exact) mass is 282 g/mol. The molecule has 3 N–H and O–H groups in total. The van der Waals surface area contributed by atoms with Gasteiger partial charge in [0.25, 0.3) is 0 Å². The third-order valence-electron chi connectivity index (χ3n) is 2.31. The molecule has 9 heteroatoms. The van der Waals surface area contributed by atoms with E-state index in [0.29, 0.717) is 0 Å². The molecule has 0 fully saturated rings. The molecule has 0 unspecified atom stereocenters. The van der Waals surface area contributed by atoms with E-state index in [0.717, 1.165) is 18.2 Å². The summed E-state index contributed by atoms with van der Waals surface area (Å²) in [6.45, 7) is 0. The van der Waals surface area contributed by atoms with Gasteiger partial charge in [0, 0.05) is 6.07 Å². The number of benzene rings is 1. The van der Waals surface area contributed by atoms with Crippen LogP contribution in [0, 0.1) is 21.7 Å². The Morgan fingerprint density at radius 1 is 1.30 bits per heavy atom. The Bertz CT molecular complexity index is 666. The van der Waals surface area contributed by atoms with Gasteiger partial charge in [-0.25, -0.2) is 10.2 Å². The van der Waals surface area contributed by atoms with Crippen molar-refractivity contribution < 1.29 is 18.4 Å². The Morgan fingerprint density at radius 3 is 2.70 bits per heavy atom. The first-order chi connectivity index (χ1) is 9.52. The minimum absolute atomic E-state index is 0.0717. The van der Waals surface area contributed by atoms with Crippen LogP contribution in [0.4, 0.5) is 20.3 Å². The van der Waals surface area contributed by atoms with E-state index < -0.39 is 33.9 Å². The second-order valence-electron chi connectivity index (χ2n) is 3.58. The van der Waals surface area contributed by atoms with Crippen molar-refractivity contribution in [3.05, 3.63) is 52.1 Å². The van der Waals surface area contributed by atoms with E-state index in [-0.39, 0.29) is 5.82 Å². The fraction of sp³-hybridized carbons (Fsp3) is 0. The molecule has 0 saturated heterocycles. The normalized spacial score (nSPS) is 10.2. The van der Waals surface area contributed by atoms with Crippen molar-refractivity contribution >= 4 is 11.5 Å². The number of halogens is 2. The molecule has 104 valence electrons. The lowest BCUT2D eigenvalue weighted by Gasteiger charge is -2.08. The number of anilines is 1. The van der Waals surface area contributed by atoms with E-state index in [1.807, 2.05) is 0 Å². The zero-order valence-corrected chi connectivity index (χ0v) is 9.84. The van der Waals surface area contributed by atoms with E-state index in [2.05, 4.69) is 10.4 Å². The van der Waals surface area contributed by atoms with Crippen molar-refractivity contribution in [1.29, 1.82) is 0 Å². The molecule has 1 heterocycles. The van der Waals surface area contributed by atoms with Gasteiger partial charge in [0.15, 0.2) is 11.6 Å². The molecule has 0 bridgehead atoms. The highest BCUT2D eigenvalue weighted by Gasteiger charge is 2.20. The molecule has 0 aliphatic rings. The molecule has 7 nitrogen and oxygen atoms in total. The molecule has 0 spiro atoms. The number of ether oxygens (including phenoxy) is 1. The van der Waals surface area contributed by atoms with E-state index in [4.69, 9.17) is 10.6 Å². The highest BCUT2D eigenvalue weighted by atomic mass is 19.2. The molecule has 1 aromatic carbocycles. The molecule has 2 rings (SSSR count). The molecule has 0 radical (unpaired) electrons. The number of nitrogens with zero attached hydrogens (tertiary/aromatic N) is 2. The minimum Gasteiger partial charge on any atom is -0.430 e. The number of pyridine rings is 1. The number of nitrogen functional groups attached to an aromatic ring is 1. The Labute approximate surface area is 111 Å². The van der Waals surface area contributed by atoms with Crippen LogP contribution in [0.2, 0.25) is 0 Å². The Balaban J connectivity index is 2.46. The summed E-state index contributed by atoms with van der Waals surface area (Å²) in [5.74, 6) is 1.76. The lowest BCUT2D eigenvalue weighted by molar-refractivity contribution is -0.386. The van der Waals surface area contributed by atoms with Crippen molar-refractivity contribution in [3.63, 3.8) is 0 Å². The minimum atomic E-state index is -1.27. The number of aromatic nitrogens is 1. The topological polar surface area (TPSA) is 103 Å². The van der Waals surface area contributed by atoms with E-state index in [9.17, 15) is 18.9 Å². The summed E-state index contributed by atoms with van der Waals surface area (Å²) in [5, 5.41) is 10.8. The van der Waals surface area contributed by atoms with E-state index >= 15 is 0 Å². The van der Waals surface area contributed by atoms with Crippen LogP contribution in [0.15, 0.2) is 30.3 Å². The van der Waals surface area contributed by atoms with Gasteiger partial charge in [0.1, 0.15) is 5.82 Å². The summed E-state index contributed by atoms with van der Waals surface area (Å²) in [6, 6.07) is 5.53. The van der Waals surface area contributed by atoms with Gasteiger partial charge in [-0.05, 0) is 18.2 Å². The first-order valence-corrected chi connectivity index (χ1v) is 5.27. The smallest absolute Gasteiger partial charge is 0.331 e. The summed E-state index contributed by atoms with van der Waals surface area (Å²) >= 11 is 0. The van der Waals surface area contributed by atoms with Crippen LogP contribution in [-0.2, 0) is 0 Å². The predicted octanol–water partition coefficient (Wildman–Crippen LogP) is 2.35. The highest BCUT2D eigenvalue weighted by molar-refractivity contribution is 5.50. The van der Waals surface area contributed by atoms with Crippen LogP contribution in [0.5, 0.6) is 11.6 Å². The molecule has 0 aliphatic carbocycles. The summed E-state index contributed by atoms with van der Waals surface area (Å²) in [4.78, 5) is 13.8. The molecule has 20 heavy (non-hydrogen) atoms. The van der Waals surface area contributed by atoms with Crippen LogP contribution in [-0.4, -0.2) is 9.91 Å². The third kappa shape index (κ3) is 2.62. The van der Waals surface area contributed by atoms with E-state index in [1.165, 1.54) is 12.1 Å². The molecule has 2 aromatic rings. The maximum atomic E-state index is 13.5. The number of hydrogen-bond donors (Lipinski definition) is 2. The maximum absolute atomic E-state index is 13.5. The van der Waals surface area contributed by atoms with Gasteiger partial charge in [-0.2, -0.15) is 9.37 Å². The largest absolute Gasteiger partial charge is 0.430 e. The van der Waals surface area contributed by atoms with Crippen molar-refractivity contribution in [2.75, 3.05) is 5.43 Å². The van der Waals surface area contributed by atoms with Crippen LogP contribution in [0.1, 0.15) is 0 Å². The van der Waals surface area contributed by atoms with Gasteiger partial charge in [-0.1, -0.05) is 6.07 Å². The molecule has 0 saturated carbocycles. The fourth-order valence-corrected chi connectivity index (χ4v) is 1.39. The van der Waals surface area contributed by atoms with Crippen molar-refractivity contribution in [3.8, 4) is 11.6 Å². The lowest BCUT2D eigenvalue weighted by atomic mass is 10.3. The quantitative estimate of drug-likeness (QED) is 0.507. The average Bonchev–Trinajstić information content (AvgIpc) is 2.43. The number of nitrogens with one attached hydrogen (secondary N) is 1. The Hall–Kier alpha value is -2.81. The molecular weight excluding hydrogens is 274 g/mol. The highest BCUT2D eigenvalue weighted by Crippen LogP contribution is 2.32. The lowest BCUT2D eigenvalue weighted by Crippen LogP contribution is -2.09. The predicted molar refractivity (Wildman–Crippen MR) is 65.1 cm³/mol.